The van der Waals surface area contributed by atoms with Gasteiger partial charge in [0.15, 0.2) is 0 Å². The number of nitrogens with one attached hydrogen (secondary N) is 1. The van der Waals surface area contributed by atoms with Crippen molar-refractivity contribution >= 4 is 11.7 Å². The molecule has 0 spiro atoms. The van der Waals surface area contributed by atoms with E-state index in [1.54, 1.807) is 17.9 Å². The van der Waals surface area contributed by atoms with Crippen LogP contribution in [-0.2, 0) is 11.8 Å². The number of nitrogens with two attached hydrogens (primary N) is 1. The Morgan fingerprint density at radius 3 is 3.00 bits per heavy atom. The average molecular weight is 192 g/mol. The van der Waals surface area contributed by atoms with Crippen LogP contribution in [0.25, 0.3) is 0 Å². The molecule has 3 N–H and O–H groups in total. The zero-order valence-electron chi connectivity index (χ0n) is 8.16. The molecule has 0 bridgehead atoms. The molecule has 1 aromatic heterocycles. The number of hydrogen-bond acceptors (Lipinski definition) is 3. The minimum Gasteiger partial charge on any atom is -0.383 e. The summed E-state index contributed by atoms with van der Waals surface area (Å²) in [6.07, 6.45) is 1.59. The number of carbonyl (C=O) groups is 1. The van der Waals surface area contributed by atoms with E-state index in [0.29, 0.717) is 17.9 Å². The van der Waals surface area contributed by atoms with Crippen LogP contribution in [0.2, 0.25) is 0 Å². The fourth-order valence-electron chi connectivity index (χ4n) is 0.851. The van der Waals surface area contributed by atoms with E-state index in [4.69, 9.17) is 5.73 Å². The van der Waals surface area contributed by atoms with Gasteiger partial charge in [0.05, 0.1) is 18.3 Å². The van der Waals surface area contributed by atoms with Crippen LogP contribution in [0.5, 0.6) is 0 Å². The summed E-state index contributed by atoms with van der Waals surface area (Å²) in [6, 6.07) is 0. The van der Waals surface area contributed by atoms with Gasteiger partial charge in [0.25, 0.3) is 0 Å². The van der Waals surface area contributed by atoms with Crippen LogP contribution in [0.4, 0.5) is 5.82 Å². The van der Waals surface area contributed by atoms with E-state index in [1.807, 2.05) is 0 Å². The van der Waals surface area contributed by atoms with Gasteiger partial charge in [-0.25, -0.2) is 0 Å². The first-order chi connectivity index (χ1) is 6.61. The van der Waals surface area contributed by atoms with Gasteiger partial charge >= 0.3 is 0 Å². The summed E-state index contributed by atoms with van der Waals surface area (Å²) in [5.74, 6) is 6.02. The first-order valence-electron chi connectivity index (χ1n) is 4.12. The molecule has 0 aromatic carbocycles. The Hall–Kier alpha value is -1.96. The molecule has 0 saturated carbocycles. The molecule has 14 heavy (non-hydrogen) atoms. The monoisotopic (exact) mass is 192 g/mol. The molecular formula is C9H12N4O. The molecule has 74 valence electrons. The predicted octanol–water partition coefficient (Wildman–Crippen LogP) is -0.510. The number of carbonyl (C=O) groups excluding carboxylic acids is 1. The highest BCUT2D eigenvalue weighted by Gasteiger charge is 1.99. The van der Waals surface area contributed by atoms with Gasteiger partial charge in [-0.05, 0) is 0 Å². The maximum absolute atomic E-state index is 10.5. The van der Waals surface area contributed by atoms with Crippen LogP contribution in [0, 0.1) is 11.8 Å². The van der Waals surface area contributed by atoms with Gasteiger partial charge in [0, 0.05) is 14.0 Å². The molecule has 0 aliphatic heterocycles. The molecule has 1 aromatic rings. The first kappa shape index (κ1) is 10.1. The summed E-state index contributed by atoms with van der Waals surface area (Å²) < 4.78 is 1.54. The van der Waals surface area contributed by atoms with Crippen molar-refractivity contribution in [2.75, 3.05) is 12.3 Å². The smallest absolute Gasteiger partial charge is 0.217 e. The third kappa shape index (κ3) is 2.52. The minimum atomic E-state index is -0.0986. The van der Waals surface area contributed by atoms with Gasteiger partial charge in [-0.2, -0.15) is 5.10 Å². The Morgan fingerprint density at radius 2 is 2.50 bits per heavy atom. The standard InChI is InChI=1S/C9H12N4O/c1-7(14)11-5-3-4-8-6-12-13(2)9(8)10/h6H,5,10H2,1-2H3,(H,11,14). The lowest BCUT2D eigenvalue weighted by atomic mass is 10.3. The maximum Gasteiger partial charge on any atom is 0.217 e. The molecule has 5 heteroatoms. The lowest BCUT2D eigenvalue weighted by Gasteiger charge is -1.92. The molecular weight excluding hydrogens is 180 g/mol. The first-order valence-corrected chi connectivity index (χ1v) is 4.12. The molecule has 0 atom stereocenters. The zero-order valence-corrected chi connectivity index (χ0v) is 8.16. The second-order valence-electron chi connectivity index (χ2n) is 2.78. The molecule has 1 amide bonds. The number of nitrogens with zero attached hydrogens (tertiary/aromatic N) is 2. The summed E-state index contributed by atoms with van der Waals surface area (Å²) in [5, 5.41) is 6.49. The Labute approximate surface area is 82.3 Å². The fraction of sp³-hybridized carbons (Fsp3) is 0.333. The lowest BCUT2D eigenvalue weighted by molar-refractivity contribution is -0.118. The molecule has 0 unspecified atom stereocenters. The molecule has 0 radical (unpaired) electrons. The van der Waals surface area contributed by atoms with E-state index in [2.05, 4.69) is 22.3 Å². The molecule has 0 aliphatic rings. The second kappa shape index (κ2) is 4.33. The summed E-state index contributed by atoms with van der Waals surface area (Å²) in [6.45, 7) is 1.77. The van der Waals surface area contributed by atoms with E-state index in [9.17, 15) is 4.79 Å². The molecule has 1 rings (SSSR count). The number of amides is 1. The van der Waals surface area contributed by atoms with Crippen molar-refractivity contribution in [2.45, 2.75) is 6.92 Å². The van der Waals surface area contributed by atoms with E-state index < -0.39 is 0 Å². The van der Waals surface area contributed by atoms with Gasteiger partial charge in [-0.15, -0.1) is 0 Å². The number of rotatable bonds is 1. The highest BCUT2D eigenvalue weighted by atomic mass is 16.1. The predicted molar refractivity (Wildman–Crippen MR) is 53.2 cm³/mol. The van der Waals surface area contributed by atoms with Crippen molar-refractivity contribution < 1.29 is 4.79 Å². The Morgan fingerprint density at radius 1 is 1.79 bits per heavy atom. The van der Waals surface area contributed by atoms with E-state index >= 15 is 0 Å². The minimum absolute atomic E-state index is 0.0986. The van der Waals surface area contributed by atoms with Crippen LogP contribution < -0.4 is 11.1 Å². The quantitative estimate of drug-likeness (QED) is 0.588. The third-order valence-corrected chi connectivity index (χ3v) is 1.63. The lowest BCUT2D eigenvalue weighted by Crippen LogP contribution is -2.19. The van der Waals surface area contributed by atoms with Crippen molar-refractivity contribution in [3.05, 3.63) is 11.8 Å². The second-order valence-corrected chi connectivity index (χ2v) is 2.78. The fourth-order valence-corrected chi connectivity index (χ4v) is 0.851. The maximum atomic E-state index is 10.5. The van der Waals surface area contributed by atoms with Crippen molar-refractivity contribution in [1.29, 1.82) is 0 Å². The highest BCUT2D eigenvalue weighted by Crippen LogP contribution is 2.05. The van der Waals surface area contributed by atoms with Crippen molar-refractivity contribution in [2.24, 2.45) is 7.05 Å². The normalized spacial score (nSPS) is 9.00. The molecule has 1 heterocycles. The summed E-state index contributed by atoms with van der Waals surface area (Å²) >= 11 is 0. The zero-order chi connectivity index (χ0) is 10.6. The van der Waals surface area contributed by atoms with E-state index in [-0.39, 0.29) is 5.91 Å². The number of hydrogen-bond donors (Lipinski definition) is 2. The van der Waals surface area contributed by atoms with Crippen molar-refractivity contribution in [1.82, 2.24) is 15.1 Å². The number of aromatic nitrogens is 2. The Bertz CT molecular complexity index is 397. The molecule has 0 saturated heterocycles. The summed E-state index contributed by atoms with van der Waals surface area (Å²) in [5.41, 5.74) is 6.33. The summed E-state index contributed by atoms with van der Waals surface area (Å²) in [7, 11) is 1.74. The van der Waals surface area contributed by atoms with E-state index in [1.165, 1.54) is 6.92 Å². The average Bonchev–Trinajstić information content (AvgIpc) is 2.43. The summed E-state index contributed by atoms with van der Waals surface area (Å²) in [4.78, 5) is 10.5. The molecule has 0 aliphatic carbocycles. The van der Waals surface area contributed by atoms with Gasteiger partial charge in [0.1, 0.15) is 5.82 Å². The highest BCUT2D eigenvalue weighted by molar-refractivity contribution is 5.73. The van der Waals surface area contributed by atoms with Crippen molar-refractivity contribution in [3.63, 3.8) is 0 Å². The van der Waals surface area contributed by atoms with Crippen LogP contribution in [-0.4, -0.2) is 22.2 Å². The number of aryl methyl sites for hydroxylation is 1. The number of anilines is 1. The topological polar surface area (TPSA) is 72.9 Å². The van der Waals surface area contributed by atoms with E-state index in [0.717, 1.165) is 0 Å². The SMILES string of the molecule is CC(=O)NCC#Cc1cnn(C)c1N. The number of nitrogen functional groups attached to an aromatic ring is 1. The molecule has 0 fully saturated rings. The van der Waals surface area contributed by atoms with Gasteiger partial charge in [-0.3, -0.25) is 9.48 Å². The van der Waals surface area contributed by atoms with Crippen LogP contribution >= 0.6 is 0 Å². The van der Waals surface area contributed by atoms with Crippen molar-refractivity contribution in [3.8, 4) is 11.8 Å². The third-order valence-electron chi connectivity index (χ3n) is 1.63. The largest absolute Gasteiger partial charge is 0.383 e. The van der Waals surface area contributed by atoms with Crippen LogP contribution in [0.15, 0.2) is 6.20 Å². The van der Waals surface area contributed by atoms with Crippen LogP contribution in [0.3, 0.4) is 0 Å². The van der Waals surface area contributed by atoms with Crippen LogP contribution in [0.1, 0.15) is 12.5 Å². The Balaban J connectivity index is 2.59. The Kier molecular flexibility index (Phi) is 3.13. The van der Waals surface area contributed by atoms with Gasteiger partial charge < -0.3 is 11.1 Å². The molecule has 5 nitrogen and oxygen atoms in total. The van der Waals surface area contributed by atoms with Gasteiger partial charge in [-0.1, -0.05) is 11.8 Å². The van der Waals surface area contributed by atoms with Gasteiger partial charge in [0.2, 0.25) is 5.91 Å².